The zero-order valence-corrected chi connectivity index (χ0v) is 20.8. The van der Waals surface area contributed by atoms with Crippen molar-refractivity contribution in [2.24, 2.45) is 0 Å². The molecule has 3 rings (SSSR count). The molecule has 1 saturated heterocycles. The number of amides is 3. The third kappa shape index (κ3) is 6.97. The number of rotatable bonds is 10. The average molecular weight is 504 g/mol. The Morgan fingerprint density at radius 2 is 2.08 bits per heavy atom. The van der Waals surface area contributed by atoms with E-state index in [0.717, 1.165) is 29.0 Å². The van der Waals surface area contributed by atoms with Gasteiger partial charge in [-0.1, -0.05) is 0 Å². The van der Waals surface area contributed by atoms with Gasteiger partial charge in [0, 0.05) is 24.3 Å². The second-order valence-corrected chi connectivity index (χ2v) is 8.91. The number of aromatic nitrogens is 1. The van der Waals surface area contributed by atoms with Crippen LogP contribution in [-0.2, 0) is 20.7 Å². The molecule has 12 heteroatoms. The van der Waals surface area contributed by atoms with Crippen molar-refractivity contribution in [2.75, 3.05) is 33.9 Å². The summed E-state index contributed by atoms with van der Waals surface area (Å²) < 4.78 is 15.8. The van der Waals surface area contributed by atoms with Gasteiger partial charge in [0.15, 0.2) is 6.10 Å². The molecular weight excluding hydrogens is 470 g/mol. The quantitative estimate of drug-likeness (QED) is 0.457. The second kappa shape index (κ2) is 12.4. The van der Waals surface area contributed by atoms with Crippen molar-refractivity contribution in [2.45, 2.75) is 63.3 Å². The van der Waals surface area contributed by atoms with Crippen molar-refractivity contribution in [3.8, 4) is 11.9 Å². The minimum absolute atomic E-state index is 0.00227. The lowest BCUT2D eigenvalue weighted by molar-refractivity contribution is -0.158. The van der Waals surface area contributed by atoms with Gasteiger partial charge in [0.1, 0.15) is 0 Å². The van der Waals surface area contributed by atoms with Crippen molar-refractivity contribution in [1.29, 1.82) is 5.26 Å². The molecule has 12 nitrogen and oxygen atoms in total. The number of methoxy groups -OCH3 is 2. The fourth-order valence-electron chi connectivity index (χ4n) is 4.30. The van der Waals surface area contributed by atoms with Gasteiger partial charge >= 0.3 is 12.2 Å². The first-order chi connectivity index (χ1) is 17.3. The summed E-state index contributed by atoms with van der Waals surface area (Å²) in [5, 5.41) is 21.2. The molecule has 2 heterocycles. The maximum Gasteiger partial charge on any atom is 0.407 e. The number of alkyl carbamates (subject to hydrolysis) is 1. The van der Waals surface area contributed by atoms with Crippen LogP contribution in [0.3, 0.4) is 0 Å². The van der Waals surface area contributed by atoms with Crippen LogP contribution in [0, 0.1) is 11.3 Å². The van der Waals surface area contributed by atoms with Crippen LogP contribution in [0.2, 0.25) is 0 Å². The standard InChI is InChI=1S/C24H33N5O7/c1-15(16-11-17(27-21(12-16)34-2)5-4-10-26-23(31)35-3)29(18-6-7-18)22(30)20-14-28(24(32)33)13-19(36-20)8-9-25/h11-12,15,18-20H,4-8,10,13-14H2,1-3H3,(H,26,31)(H,32,33)/t15-,19-,20-/m1/s1. The molecule has 196 valence electrons. The Kier molecular flexibility index (Phi) is 9.30. The Balaban J connectivity index is 1.78. The molecule has 2 fully saturated rings. The van der Waals surface area contributed by atoms with E-state index in [9.17, 15) is 19.5 Å². The number of aryl methyl sites for hydroxylation is 1. The number of nitriles is 1. The minimum Gasteiger partial charge on any atom is -0.481 e. The molecule has 36 heavy (non-hydrogen) atoms. The number of hydrogen-bond acceptors (Lipinski definition) is 8. The number of nitrogens with zero attached hydrogens (tertiary/aromatic N) is 4. The van der Waals surface area contributed by atoms with Gasteiger partial charge in [0.25, 0.3) is 5.91 Å². The fraction of sp³-hybridized carbons (Fsp3) is 0.625. The van der Waals surface area contributed by atoms with Crippen LogP contribution < -0.4 is 10.1 Å². The number of ether oxygens (including phenoxy) is 3. The molecule has 0 unspecified atom stereocenters. The minimum atomic E-state index is -1.14. The molecule has 1 aromatic rings. The maximum absolute atomic E-state index is 13.7. The summed E-state index contributed by atoms with van der Waals surface area (Å²) >= 11 is 0. The molecule has 0 spiro atoms. The van der Waals surface area contributed by atoms with Crippen LogP contribution in [0.5, 0.6) is 5.88 Å². The van der Waals surface area contributed by atoms with Gasteiger partial charge in [0.2, 0.25) is 5.88 Å². The van der Waals surface area contributed by atoms with E-state index in [1.165, 1.54) is 14.2 Å². The highest BCUT2D eigenvalue weighted by molar-refractivity contribution is 5.83. The molecular formula is C24H33N5O7. The van der Waals surface area contributed by atoms with Crippen molar-refractivity contribution in [1.82, 2.24) is 20.1 Å². The smallest absolute Gasteiger partial charge is 0.407 e. The van der Waals surface area contributed by atoms with E-state index in [0.29, 0.717) is 25.3 Å². The molecule has 3 amide bonds. The number of morpholine rings is 1. The molecule has 2 N–H and O–H groups in total. The van der Waals surface area contributed by atoms with E-state index < -0.39 is 24.4 Å². The maximum atomic E-state index is 13.7. The molecule has 0 radical (unpaired) electrons. The van der Waals surface area contributed by atoms with Crippen LogP contribution in [0.25, 0.3) is 0 Å². The van der Waals surface area contributed by atoms with Gasteiger partial charge in [0.05, 0.1) is 51.9 Å². The lowest BCUT2D eigenvalue weighted by Gasteiger charge is -2.39. The van der Waals surface area contributed by atoms with Gasteiger partial charge in [-0.2, -0.15) is 5.26 Å². The Bertz CT molecular complexity index is 994. The molecule has 3 atom stereocenters. The van der Waals surface area contributed by atoms with E-state index in [-0.39, 0.29) is 37.5 Å². The zero-order chi connectivity index (χ0) is 26.2. The highest BCUT2D eigenvalue weighted by atomic mass is 16.5. The molecule has 2 aliphatic rings. The second-order valence-electron chi connectivity index (χ2n) is 8.91. The summed E-state index contributed by atoms with van der Waals surface area (Å²) in [4.78, 5) is 43.9. The number of hydrogen-bond donors (Lipinski definition) is 2. The first-order valence-electron chi connectivity index (χ1n) is 12.0. The number of carbonyl (C=O) groups excluding carboxylic acids is 2. The lowest BCUT2D eigenvalue weighted by atomic mass is 10.0. The van der Waals surface area contributed by atoms with Crippen molar-refractivity contribution in [3.63, 3.8) is 0 Å². The number of nitrogens with one attached hydrogen (secondary N) is 1. The van der Waals surface area contributed by atoms with Gasteiger partial charge in [-0.25, -0.2) is 14.6 Å². The number of pyridine rings is 1. The Hall–Kier alpha value is -3.59. The van der Waals surface area contributed by atoms with Crippen LogP contribution in [0.1, 0.15) is 49.9 Å². The summed E-state index contributed by atoms with van der Waals surface area (Å²) in [5.41, 5.74) is 1.59. The van der Waals surface area contributed by atoms with Crippen LogP contribution in [0.4, 0.5) is 9.59 Å². The molecule has 1 aliphatic heterocycles. The van der Waals surface area contributed by atoms with Gasteiger partial charge < -0.3 is 34.4 Å². The number of carbonyl (C=O) groups is 3. The summed E-state index contributed by atoms with van der Waals surface area (Å²) in [5.74, 6) is 0.122. The van der Waals surface area contributed by atoms with E-state index in [2.05, 4.69) is 15.0 Å². The summed E-state index contributed by atoms with van der Waals surface area (Å²) in [6, 6.07) is 5.38. The topological polar surface area (TPSA) is 154 Å². The van der Waals surface area contributed by atoms with E-state index in [4.69, 9.17) is 14.7 Å². The molecule has 1 saturated carbocycles. The predicted octanol–water partition coefficient (Wildman–Crippen LogP) is 2.09. The van der Waals surface area contributed by atoms with Gasteiger partial charge in [-0.05, 0) is 44.2 Å². The van der Waals surface area contributed by atoms with Crippen molar-refractivity contribution >= 4 is 18.1 Å². The largest absolute Gasteiger partial charge is 0.481 e. The van der Waals surface area contributed by atoms with Crippen LogP contribution in [-0.4, -0.2) is 90.1 Å². The van der Waals surface area contributed by atoms with E-state index >= 15 is 0 Å². The monoisotopic (exact) mass is 503 g/mol. The van der Waals surface area contributed by atoms with Crippen LogP contribution >= 0.6 is 0 Å². The molecule has 1 aliphatic carbocycles. The molecule has 0 aromatic carbocycles. The van der Waals surface area contributed by atoms with Gasteiger partial charge in [-0.15, -0.1) is 0 Å². The van der Waals surface area contributed by atoms with Crippen molar-refractivity contribution < 1.29 is 33.7 Å². The zero-order valence-electron chi connectivity index (χ0n) is 20.8. The normalized spacial score (nSPS) is 20.1. The summed E-state index contributed by atoms with van der Waals surface area (Å²) in [7, 11) is 2.83. The van der Waals surface area contributed by atoms with Gasteiger partial charge in [-0.3, -0.25) is 4.79 Å². The first-order valence-corrected chi connectivity index (χ1v) is 12.0. The summed E-state index contributed by atoms with van der Waals surface area (Å²) in [6.45, 7) is 2.32. The molecule has 1 aromatic heterocycles. The first kappa shape index (κ1) is 27.0. The molecule has 0 bridgehead atoms. The third-order valence-corrected chi connectivity index (χ3v) is 6.28. The Morgan fingerprint density at radius 1 is 1.33 bits per heavy atom. The van der Waals surface area contributed by atoms with E-state index in [1.54, 1.807) is 11.0 Å². The van der Waals surface area contributed by atoms with Crippen LogP contribution in [0.15, 0.2) is 12.1 Å². The SMILES string of the molecule is COC(=O)NCCCc1cc([C@@H](C)N(C(=O)[C@H]2CN(C(=O)O)C[C@@H](CC#N)O2)C2CC2)cc(OC)n1. The van der Waals surface area contributed by atoms with Crippen molar-refractivity contribution in [3.05, 3.63) is 23.4 Å². The fourth-order valence-corrected chi connectivity index (χ4v) is 4.30. The third-order valence-electron chi connectivity index (χ3n) is 6.28. The predicted molar refractivity (Wildman–Crippen MR) is 126 cm³/mol. The number of carboxylic acid groups (broad SMARTS) is 1. The Morgan fingerprint density at radius 3 is 2.69 bits per heavy atom. The highest BCUT2D eigenvalue weighted by Gasteiger charge is 2.43. The summed E-state index contributed by atoms with van der Waals surface area (Å²) in [6.07, 6.45) is -0.367. The Labute approximate surface area is 210 Å². The highest BCUT2D eigenvalue weighted by Crippen LogP contribution is 2.36. The average Bonchev–Trinajstić information content (AvgIpc) is 3.71. The van der Waals surface area contributed by atoms with E-state index in [1.807, 2.05) is 19.1 Å². The lowest BCUT2D eigenvalue weighted by Crippen LogP contribution is -2.56.